The number of nitrogens with two attached hydrogens (primary N) is 1. The lowest BCUT2D eigenvalue weighted by molar-refractivity contribution is -0.132. The predicted molar refractivity (Wildman–Crippen MR) is 63.1 cm³/mol. The van der Waals surface area contributed by atoms with Crippen molar-refractivity contribution in [1.82, 2.24) is 0 Å². The van der Waals surface area contributed by atoms with Crippen LogP contribution < -0.4 is 5.73 Å². The van der Waals surface area contributed by atoms with Gasteiger partial charge in [-0.3, -0.25) is 4.79 Å². The van der Waals surface area contributed by atoms with E-state index in [2.05, 4.69) is 0 Å². The van der Waals surface area contributed by atoms with Crippen LogP contribution in [0.3, 0.4) is 0 Å². The van der Waals surface area contributed by atoms with Crippen LogP contribution in [0.25, 0.3) is 0 Å². The van der Waals surface area contributed by atoms with Crippen LogP contribution in [0.2, 0.25) is 0 Å². The minimum absolute atomic E-state index is 0.186. The lowest BCUT2D eigenvalue weighted by Crippen LogP contribution is -2.27. The quantitative estimate of drug-likeness (QED) is 0.789. The minimum atomic E-state index is 0.186. The Kier molecular flexibility index (Phi) is 3.57. The molecule has 2 rings (SSSR count). The first-order valence-corrected chi connectivity index (χ1v) is 5.70. The Balaban J connectivity index is 1.86. The van der Waals surface area contributed by atoms with Gasteiger partial charge in [0.25, 0.3) is 0 Å². The van der Waals surface area contributed by atoms with Crippen molar-refractivity contribution in [3.63, 3.8) is 0 Å². The van der Waals surface area contributed by atoms with E-state index in [4.69, 9.17) is 10.5 Å². The Morgan fingerprint density at radius 2 is 2.06 bits per heavy atom. The zero-order valence-corrected chi connectivity index (χ0v) is 9.32. The molecule has 0 aliphatic carbocycles. The van der Waals surface area contributed by atoms with E-state index in [0.717, 1.165) is 31.6 Å². The molecule has 3 heteroatoms. The highest BCUT2D eigenvalue weighted by atomic mass is 16.5. The van der Waals surface area contributed by atoms with Gasteiger partial charge in [-0.2, -0.15) is 0 Å². The molecule has 86 valence electrons. The number of benzene rings is 1. The van der Waals surface area contributed by atoms with Crippen LogP contribution in [0.15, 0.2) is 24.3 Å². The molecule has 1 saturated heterocycles. The van der Waals surface area contributed by atoms with Gasteiger partial charge in [-0.15, -0.1) is 0 Å². The van der Waals surface area contributed by atoms with Gasteiger partial charge < -0.3 is 10.5 Å². The van der Waals surface area contributed by atoms with Crippen LogP contribution in [0.5, 0.6) is 0 Å². The number of ether oxygens (including phenoxy) is 1. The normalized spacial score (nSPS) is 21.0. The van der Waals surface area contributed by atoms with Gasteiger partial charge in [-0.05, 0) is 37.0 Å². The highest BCUT2D eigenvalue weighted by molar-refractivity contribution is 5.82. The second kappa shape index (κ2) is 5.12. The number of rotatable bonds is 3. The zero-order chi connectivity index (χ0) is 11.4. The summed E-state index contributed by atoms with van der Waals surface area (Å²) in [5.74, 6) is 0.438. The van der Waals surface area contributed by atoms with Crippen molar-refractivity contribution in [3.05, 3.63) is 29.8 Å². The first kappa shape index (κ1) is 11.1. The van der Waals surface area contributed by atoms with Gasteiger partial charge >= 0.3 is 0 Å². The first-order valence-electron chi connectivity index (χ1n) is 5.70. The molecule has 16 heavy (non-hydrogen) atoms. The molecule has 0 aromatic heterocycles. The maximum atomic E-state index is 11.5. The van der Waals surface area contributed by atoms with Crippen molar-refractivity contribution < 1.29 is 9.53 Å². The second-order valence-electron chi connectivity index (χ2n) is 4.28. The number of hydrogen-bond donors (Lipinski definition) is 1. The molecule has 1 unspecified atom stereocenters. The molecule has 0 spiro atoms. The fourth-order valence-corrected chi connectivity index (χ4v) is 2.01. The summed E-state index contributed by atoms with van der Waals surface area (Å²) < 4.78 is 5.11. The summed E-state index contributed by atoms with van der Waals surface area (Å²) in [6, 6.07) is 7.86. The molecule has 1 fully saturated rings. The van der Waals surface area contributed by atoms with E-state index >= 15 is 0 Å². The Morgan fingerprint density at radius 3 is 2.75 bits per heavy atom. The fraction of sp³-hybridized carbons (Fsp3) is 0.462. The minimum Gasteiger partial charge on any atom is -0.399 e. The van der Waals surface area contributed by atoms with Crippen LogP contribution in [-0.2, 0) is 16.0 Å². The molecule has 1 atom stereocenters. The van der Waals surface area contributed by atoms with Crippen molar-refractivity contribution in [2.45, 2.75) is 19.3 Å². The maximum Gasteiger partial charge on any atom is 0.161 e. The summed E-state index contributed by atoms with van der Waals surface area (Å²) in [4.78, 5) is 11.5. The number of carbonyl (C=O) groups excluding carboxylic acids is 1. The zero-order valence-electron chi connectivity index (χ0n) is 9.32. The molecule has 0 amide bonds. The third kappa shape index (κ3) is 2.83. The van der Waals surface area contributed by atoms with Gasteiger partial charge in [0.05, 0.1) is 0 Å². The number of Topliss-reactive ketones (excluding diaryl/α,β-unsaturated/α-hetero) is 1. The van der Waals surface area contributed by atoms with Gasteiger partial charge in [0.15, 0.2) is 5.78 Å². The molecular weight excluding hydrogens is 202 g/mol. The number of ketones is 1. The van der Waals surface area contributed by atoms with E-state index in [-0.39, 0.29) is 11.7 Å². The van der Waals surface area contributed by atoms with Gasteiger partial charge in [0, 0.05) is 18.2 Å². The van der Waals surface area contributed by atoms with E-state index in [1.165, 1.54) is 5.56 Å². The summed E-state index contributed by atoms with van der Waals surface area (Å²) >= 11 is 0. The lowest BCUT2D eigenvalue weighted by atomic mass is 9.92. The van der Waals surface area contributed by atoms with Crippen LogP contribution in [0.4, 0.5) is 5.69 Å². The smallest absolute Gasteiger partial charge is 0.161 e. The van der Waals surface area contributed by atoms with Crippen molar-refractivity contribution >= 4 is 11.5 Å². The maximum absolute atomic E-state index is 11.5. The lowest BCUT2D eigenvalue weighted by Gasteiger charge is -2.20. The summed E-state index contributed by atoms with van der Waals surface area (Å²) in [7, 11) is 0. The first-order chi connectivity index (χ1) is 7.75. The van der Waals surface area contributed by atoms with E-state index in [1.54, 1.807) is 0 Å². The standard InChI is InChI=1S/C13H17NO2/c14-12-5-2-10(3-6-12)1-4-11-7-8-16-9-13(11)15/h2-3,5-6,11H,1,4,7-9,14H2. The third-order valence-electron chi connectivity index (χ3n) is 3.07. The Labute approximate surface area is 95.6 Å². The molecule has 1 aromatic rings. The fourth-order valence-electron chi connectivity index (χ4n) is 2.01. The molecule has 0 saturated carbocycles. The molecule has 3 nitrogen and oxygen atoms in total. The molecule has 2 N–H and O–H groups in total. The SMILES string of the molecule is Nc1ccc(CCC2CCOCC2=O)cc1. The number of anilines is 1. The summed E-state index contributed by atoms with van der Waals surface area (Å²) in [5.41, 5.74) is 7.64. The molecular formula is C13H17NO2. The number of aryl methyl sites for hydroxylation is 1. The average molecular weight is 219 g/mol. The van der Waals surface area contributed by atoms with E-state index in [1.807, 2.05) is 24.3 Å². The Hall–Kier alpha value is -1.35. The summed E-state index contributed by atoms with van der Waals surface area (Å²) in [5, 5.41) is 0. The molecule has 1 aliphatic rings. The Morgan fingerprint density at radius 1 is 1.31 bits per heavy atom. The van der Waals surface area contributed by atoms with Crippen molar-refractivity contribution in [2.75, 3.05) is 18.9 Å². The van der Waals surface area contributed by atoms with Gasteiger partial charge in [-0.25, -0.2) is 0 Å². The van der Waals surface area contributed by atoms with E-state index in [9.17, 15) is 4.79 Å². The van der Waals surface area contributed by atoms with Gasteiger partial charge in [-0.1, -0.05) is 12.1 Å². The number of carbonyl (C=O) groups is 1. The van der Waals surface area contributed by atoms with Crippen molar-refractivity contribution in [1.29, 1.82) is 0 Å². The van der Waals surface area contributed by atoms with Gasteiger partial charge in [0.2, 0.25) is 0 Å². The summed E-state index contributed by atoms with van der Waals surface area (Å²) in [6.07, 6.45) is 2.73. The third-order valence-corrected chi connectivity index (χ3v) is 3.07. The number of nitrogen functional groups attached to an aromatic ring is 1. The summed E-state index contributed by atoms with van der Waals surface area (Å²) in [6.45, 7) is 1.02. The second-order valence-corrected chi connectivity index (χ2v) is 4.28. The highest BCUT2D eigenvalue weighted by Gasteiger charge is 2.22. The molecule has 1 heterocycles. The van der Waals surface area contributed by atoms with Crippen molar-refractivity contribution in [3.8, 4) is 0 Å². The largest absolute Gasteiger partial charge is 0.399 e. The topological polar surface area (TPSA) is 52.3 Å². The highest BCUT2D eigenvalue weighted by Crippen LogP contribution is 2.18. The monoisotopic (exact) mass is 219 g/mol. The van der Waals surface area contributed by atoms with Crippen LogP contribution in [0, 0.1) is 5.92 Å². The molecule has 0 bridgehead atoms. The predicted octanol–water partition coefficient (Wildman–Crippen LogP) is 1.81. The average Bonchev–Trinajstić information content (AvgIpc) is 2.30. The number of hydrogen-bond acceptors (Lipinski definition) is 3. The van der Waals surface area contributed by atoms with Gasteiger partial charge in [0.1, 0.15) is 6.61 Å². The Bertz CT molecular complexity index is 359. The van der Waals surface area contributed by atoms with Crippen molar-refractivity contribution in [2.24, 2.45) is 5.92 Å². The van der Waals surface area contributed by atoms with E-state index < -0.39 is 0 Å². The van der Waals surface area contributed by atoms with Crippen LogP contribution in [-0.4, -0.2) is 19.0 Å². The molecule has 1 aromatic carbocycles. The molecule has 1 aliphatic heterocycles. The van der Waals surface area contributed by atoms with E-state index in [0.29, 0.717) is 6.61 Å². The van der Waals surface area contributed by atoms with Crippen LogP contribution in [0.1, 0.15) is 18.4 Å². The van der Waals surface area contributed by atoms with Crippen LogP contribution >= 0.6 is 0 Å². The molecule has 0 radical (unpaired) electrons.